The van der Waals surface area contributed by atoms with Gasteiger partial charge in [0, 0.05) is 23.9 Å². The molecule has 2 heterocycles. The zero-order valence-corrected chi connectivity index (χ0v) is 12.3. The number of carbonyl (C=O) groups excluding carboxylic acids is 1. The van der Waals surface area contributed by atoms with Gasteiger partial charge in [-0.2, -0.15) is 0 Å². The molecule has 0 fully saturated rings. The molecule has 112 valence electrons. The lowest BCUT2D eigenvalue weighted by molar-refractivity contribution is 0.102. The van der Waals surface area contributed by atoms with Crippen LogP contribution >= 0.6 is 0 Å². The van der Waals surface area contributed by atoms with Crippen molar-refractivity contribution in [2.24, 2.45) is 0 Å². The Bertz CT molecular complexity index is 743. The van der Waals surface area contributed by atoms with Crippen LogP contribution in [-0.2, 0) is 19.3 Å². The fraction of sp³-hybridized carbons (Fsp3) is 0.353. The second-order valence-corrected chi connectivity index (χ2v) is 5.75. The number of anilines is 1. The monoisotopic (exact) mass is 295 g/mol. The van der Waals surface area contributed by atoms with E-state index in [1.165, 1.54) is 12.0 Å². The van der Waals surface area contributed by atoms with Crippen LogP contribution < -0.4 is 10.1 Å². The molecule has 22 heavy (non-hydrogen) atoms. The first kappa shape index (κ1) is 13.2. The third kappa shape index (κ3) is 2.43. The molecule has 0 atom stereocenters. The number of carbonyl (C=O) groups is 1. The number of fused-ring (bicyclic) bond motifs is 2. The second kappa shape index (κ2) is 5.40. The number of hydrogen-bond donors (Lipinski definition) is 1. The highest BCUT2D eigenvalue weighted by atomic mass is 16.5. The van der Waals surface area contributed by atoms with Crippen LogP contribution in [0.25, 0.3) is 0 Å². The van der Waals surface area contributed by atoms with Gasteiger partial charge in [0.05, 0.1) is 6.61 Å². The SMILES string of the molecule is O=C(Nc1ncc2c(n1)CCCC2)c1ccc2c(c1)CCO2. The van der Waals surface area contributed by atoms with Crippen molar-refractivity contribution in [3.05, 3.63) is 46.8 Å². The van der Waals surface area contributed by atoms with Crippen LogP contribution in [0.4, 0.5) is 5.95 Å². The van der Waals surface area contributed by atoms with Gasteiger partial charge < -0.3 is 4.74 Å². The van der Waals surface area contributed by atoms with Gasteiger partial charge in [-0.25, -0.2) is 9.97 Å². The highest BCUT2D eigenvalue weighted by Gasteiger charge is 2.17. The molecular formula is C17H17N3O2. The van der Waals surface area contributed by atoms with Gasteiger partial charge in [-0.05, 0) is 55.0 Å². The summed E-state index contributed by atoms with van der Waals surface area (Å²) < 4.78 is 5.46. The number of ether oxygens (including phenoxy) is 1. The predicted molar refractivity (Wildman–Crippen MR) is 82.3 cm³/mol. The lowest BCUT2D eigenvalue weighted by atomic mass is 9.98. The third-order valence-electron chi connectivity index (χ3n) is 4.24. The summed E-state index contributed by atoms with van der Waals surface area (Å²) in [7, 11) is 0. The first-order chi connectivity index (χ1) is 10.8. The molecule has 1 aliphatic heterocycles. The van der Waals surface area contributed by atoms with Gasteiger partial charge in [-0.1, -0.05) is 0 Å². The van der Waals surface area contributed by atoms with Crippen LogP contribution in [0, 0.1) is 0 Å². The van der Waals surface area contributed by atoms with E-state index in [9.17, 15) is 4.79 Å². The van der Waals surface area contributed by atoms with Gasteiger partial charge in [0.1, 0.15) is 5.75 Å². The van der Waals surface area contributed by atoms with Crippen LogP contribution in [0.15, 0.2) is 24.4 Å². The molecule has 2 aliphatic rings. The zero-order chi connectivity index (χ0) is 14.9. The summed E-state index contributed by atoms with van der Waals surface area (Å²) in [5.41, 5.74) is 3.97. The average molecular weight is 295 g/mol. The Morgan fingerprint density at radius 2 is 2.05 bits per heavy atom. The second-order valence-electron chi connectivity index (χ2n) is 5.75. The Morgan fingerprint density at radius 3 is 3.00 bits per heavy atom. The molecule has 0 bridgehead atoms. The molecule has 0 spiro atoms. The summed E-state index contributed by atoms with van der Waals surface area (Å²) in [5, 5.41) is 2.80. The van der Waals surface area contributed by atoms with Gasteiger partial charge in [0.25, 0.3) is 5.91 Å². The van der Waals surface area contributed by atoms with Crippen molar-refractivity contribution in [2.45, 2.75) is 32.1 Å². The Kier molecular flexibility index (Phi) is 3.25. The number of nitrogens with zero attached hydrogens (tertiary/aromatic N) is 2. The summed E-state index contributed by atoms with van der Waals surface area (Å²) in [6, 6.07) is 5.51. The summed E-state index contributed by atoms with van der Waals surface area (Å²) in [6.07, 6.45) is 7.05. The number of amides is 1. The Balaban J connectivity index is 1.54. The van der Waals surface area contributed by atoms with Crippen LogP contribution in [-0.4, -0.2) is 22.5 Å². The highest BCUT2D eigenvalue weighted by Crippen LogP contribution is 2.26. The number of aryl methyl sites for hydroxylation is 2. The van der Waals surface area contributed by atoms with E-state index in [1.54, 1.807) is 6.07 Å². The Hall–Kier alpha value is -2.43. The molecule has 2 aromatic rings. The standard InChI is InChI=1S/C17H17N3O2/c21-16(12-5-6-15-11(9-12)7-8-22-15)20-17-18-10-13-3-1-2-4-14(13)19-17/h5-6,9-10H,1-4,7-8H2,(H,18,19,20,21). The van der Waals surface area contributed by atoms with Crippen LogP contribution in [0.5, 0.6) is 5.75 Å². The molecule has 1 aliphatic carbocycles. The van der Waals surface area contributed by atoms with E-state index in [0.717, 1.165) is 42.7 Å². The van der Waals surface area contributed by atoms with Crippen LogP contribution in [0.2, 0.25) is 0 Å². The number of benzene rings is 1. The van der Waals surface area contributed by atoms with E-state index < -0.39 is 0 Å². The third-order valence-corrected chi connectivity index (χ3v) is 4.24. The minimum atomic E-state index is -0.176. The number of nitrogens with one attached hydrogen (secondary N) is 1. The van der Waals surface area contributed by atoms with E-state index in [-0.39, 0.29) is 5.91 Å². The number of rotatable bonds is 2. The van der Waals surface area contributed by atoms with E-state index in [0.29, 0.717) is 18.1 Å². The molecule has 5 heteroatoms. The van der Waals surface area contributed by atoms with Crippen molar-refractivity contribution in [2.75, 3.05) is 11.9 Å². The van der Waals surface area contributed by atoms with E-state index in [1.807, 2.05) is 18.3 Å². The molecule has 1 aromatic carbocycles. The van der Waals surface area contributed by atoms with Gasteiger partial charge in [0.15, 0.2) is 0 Å². The summed E-state index contributed by atoms with van der Waals surface area (Å²) in [4.78, 5) is 21.1. The summed E-state index contributed by atoms with van der Waals surface area (Å²) in [5.74, 6) is 1.09. The molecule has 0 unspecified atom stereocenters. The van der Waals surface area contributed by atoms with Crippen molar-refractivity contribution >= 4 is 11.9 Å². The maximum Gasteiger partial charge on any atom is 0.258 e. The Morgan fingerprint density at radius 1 is 1.14 bits per heavy atom. The smallest absolute Gasteiger partial charge is 0.258 e. The maximum absolute atomic E-state index is 12.4. The van der Waals surface area contributed by atoms with Crippen molar-refractivity contribution in [3.63, 3.8) is 0 Å². The minimum absolute atomic E-state index is 0.176. The van der Waals surface area contributed by atoms with Crippen LogP contribution in [0.1, 0.15) is 40.0 Å². The lowest BCUT2D eigenvalue weighted by Crippen LogP contribution is -2.16. The molecule has 0 saturated heterocycles. The largest absolute Gasteiger partial charge is 0.493 e. The van der Waals surface area contributed by atoms with Gasteiger partial charge in [-0.15, -0.1) is 0 Å². The minimum Gasteiger partial charge on any atom is -0.493 e. The predicted octanol–water partition coefficient (Wildman–Crippen LogP) is 2.54. The fourth-order valence-electron chi connectivity index (χ4n) is 3.04. The van der Waals surface area contributed by atoms with Crippen molar-refractivity contribution < 1.29 is 9.53 Å². The first-order valence-electron chi connectivity index (χ1n) is 7.71. The average Bonchev–Trinajstić information content (AvgIpc) is 3.02. The van der Waals surface area contributed by atoms with E-state index >= 15 is 0 Å². The lowest BCUT2D eigenvalue weighted by Gasteiger charge is -2.14. The highest BCUT2D eigenvalue weighted by molar-refractivity contribution is 6.03. The molecule has 1 amide bonds. The molecule has 1 aromatic heterocycles. The first-order valence-corrected chi connectivity index (χ1v) is 7.71. The molecule has 5 nitrogen and oxygen atoms in total. The quantitative estimate of drug-likeness (QED) is 0.924. The van der Waals surface area contributed by atoms with Gasteiger partial charge in [0.2, 0.25) is 5.95 Å². The topological polar surface area (TPSA) is 64.1 Å². The molecular weight excluding hydrogens is 278 g/mol. The van der Waals surface area contributed by atoms with E-state index in [2.05, 4.69) is 15.3 Å². The van der Waals surface area contributed by atoms with Gasteiger partial charge >= 0.3 is 0 Å². The van der Waals surface area contributed by atoms with Crippen molar-refractivity contribution in [3.8, 4) is 5.75 Å². The molecule has 0 saturated carbocycles. The van der Waals surface area contributed by atoms with Gasteiger partial charge in [-0.3, -0.25) is 10.1 Å². The van der Waals surface area contributed by atoms with E-state index in [4.69, 9.17) is 4.74 Å². The zero-order valence-electron chi connectivity index (χ0n) is 12.3. The van der Waals surface area contributed by atoms with Crippen LogP contribution in [0.3, 0.4) is 0 Å². The fourth-order valence-corrected chi connectivity index (χ4v) is 3.04. The molecule has 1 N–H and O–H groups in total. The molecule has 0 radical (unpaired) electrons. The summed E-state index contributed by atoms with van der Waals surface area (Å²) >= 11 is 0. The summed E-state index contributed by atoms with van der Waals surface area (Å²) in [6.45, 7) is 0.689. The molecule has 4 rings (SSSR count). The normalized spacial score (nSPS) is 15.6. The number of hydrogen-bond acceptors (Lipinski definition) is 4. The number of aromatic nitrogens is 2. The van der Waals surface area contributed by atoms with Crippen molar-refractivity contribution in [1.82, 2.24) is 9.97 Å². The maximum atomic E-state index is 12.4. The van der Waals surface area contributed by atoms with Crippen molar-refractivity contribution in [1.29, 1.82) is 0 Å². The Labute approximate surface area is 128 Å².